The van der Waals surface area contributed by atoms with Crippen molar-refractivity contribution in [3.05, 3.63) is 44.8 Å². The van der Waals surface area contributed by atoms with Gasteiger partial charge < -0.3 is 5.32 Å². The first kappa shape index (κ1) is 15.7. The quantitative estimate of drug-likeness (QED) is 0.780. The summed E-state index contributed by atoms with van der Waals surface area (Å²) in [6.45, 7) is 0.442. The molecule has 0 spiro atoms. The normalized spacial score (nSPS) is 13.4. The SMILES string of the molecule is CNS(=O)(=O)CCNC(Cc1cccs1)c1cccs1. The average Bonchev–Trinajstić information content (AvgIpc) is 3.10. The Hall–Kier alpha value is -0.730. The van der Waals surface area contributed by atoms with Crippen molar-refractivity contribution in [2.45, 2.75) is 12.5 Å². The second-order valence-corrected chi connectivity index (χ2v) is 8.39. The minimum Gasteiger partial charge on any atom is -0.308 e. The molecule has 4 nitrogen and oxygen atoms in total. The third kappa shape index (κ3) is 4.68. The van der Waals surface area contributed by atoms with E-state index in [0.29, 0.717) is 6.54 Å². The van der Waals surface area contributed by atoms with E-state index in [1.54, 1.807) is 22.7 Å². The van der Waals surface area contributed by atoms with Crippen molar-refractivity contribution in [2.24, 2.45) is 0 Å². The molecule has 0 fully saturated rings. The van der Waals surface area contributed by atoms with Crippen LogP contribution in [-0.2, 0) is 16.4 Å². The summed E-state index contributed by atoms with van der Waals surface area (Å²) in [6, 6.07) is 8.42. The zero-order valence-electron chi connectivity index (χ0n) is 11.2. The van der Waals surface area contributed by atoms with E-state index in [0.717, 1.165) is 6.42 Å². The van der Waals surface area contributed by atoms with E-state index in [4.69, 9.17) is 0 Å². The van der Waals surface area contributed by atoms with Gasteiger partial charge in [-0.2, -0.15) is 0 Å². The Morgan fingerprint density at radius 1 is 1.20 bits per heavy atom. The molecule has 0 aliphatic heterocycles. The van der Waals surface area contributed by atoms with Gasteiger partial charge in [-0.25, -0.2) is 13.1 Å². The van der Waals surface area contributed by atoms with Crippen LogP contribution < -0.4 is 10.0 Å². The number of thiophene rings is 2. The van der Waals surface area contributed by atoms with Gasteiger partial charge in [0.1, 0.15) is 0 Å². The molecule has 0 saturated heterocycles. The predicted molar refractivity (Wildman–Crippen MR) is 85.9 cm³/mol. The monoisotopic (exact) mass is 330 g/mol. The van der Waals surface area contributed by atoms with Gasteiger partial charge >= 0.3 is 0 Å². The maximum Gasteiger partial charge on any atom is 0.212 e. The molecule has 0 radical (unpaired) electrons. The summed E-state index contributed by atoms with van der Waals surface area (Å²) < 4.78 is 25.2. The molecule has 110 valence electrons. The number of sulfonamides is 1. The largest absolute Gasteiger partial charge is 0.308 e. The second kappa shape index (κ2) is 7.33. The Bertz CT molecular complexity index is 592. The van der Waals surface area contributed by atoms with Crippen LogP contribution in [0, 0.1) is 0 Å². The summed E-state index contributed by atoms with van der Waals surface area (Å²) >= 11 is 3.42. The van der Waals surface area contributed by atoms with E-state index in [1.807, 2.05) is 17.5 Å². The number of hydrogen-bond donors (Lipinski definition) is 2. The van der Waals surface area contributed by atoms with Crippen molar-refractivity contribution >= 4 is 32.7 Å². The topological polar surface area (TPSA) is 58.2 Å². The molecule has 0 aromatic carbocycles. The Balaban J connectivity index is 1.97. The third-order valence-corrected chi connectivity index (χ3v) is 6.19. The Morgan fingerprint density at radius 2 is 1.95 bits per heavy atom. The van der Waals surface area contributed by atoms with Crippen LogP contribution in [0.5, 0.6) is 0 Å². The van der Waals surface area contributed by atoms with Gasteiger partial charge in [-0.15, -0.1) is 22.7 Å². The van der Waals surface area contributed by atoms with E-state index in [-0.39, 0.29) is 11.8 Å². The van der Waals surface area contributed by atoms with Gasteiger partial charge in [0.15, 0.2) is 0 Å². The Morgan fingerprint density at radius 3 is 2.55 bits per heavy atom. The van der Waals surface area contributed by atoms with Crippen molar-refractivity contribution in [1.29, 1.82) is 0 Å². The minimum atomic E-state index is -3.15. The van der Waals surface area contributed by atoms with Crippen LogP contribution in [0.2, 0.25) is 0 Å². The fourth-order valence-corrected chi connectivity index (χ4v) is 4.01. The second-order valence-electron chi connectivity index (χ2n) is 4.33. The standard InChI is InChI=1S/C13H18N2O2S3/c1-14-20(16,17)9-6-15-12(13-5-3-8-19-13)10-11-4-2-7-18-11/h2-5,7-8,12,14-15H,6,9-10H2,1H3. The van der Waals surface area contributed by atoms with E-state index >= 15 is 0 Å². The molecule has 0 aliphatic carbocycles. The molecule has 2 aromatic heterocycles. The fourth-order valence-electron chi connectivity index (χ4n) is 1.86. The lowest BCUT2D eigenvalue weighted by Gasteiger charge is -2.16. The molecular formula is C13H18N2O2S3. The Labute approximate surface area is 127 Å². The first-order valence-corrected chi connectivity index (χ1v) is 9.72. The van der Waals surface area contributed by atoms with Crippen LogP contribution in [0.15, 0.2) is 35.0 Å². The van der Waals surface area contributed by atoms with Crippen molar-refractivity contribution < 1.29 is 8.42 Å². The molecule has 20 heavy (non-hydrogen) atoms. The van der Waals surface area contributed by atoms with Gasteiger partial charge in [0.25, 0.3) is 0 Å². The van der Waals surface area contributed by atoms with Crippen molar-refractivity contribution in [1.82, 2.24) is 10.0 Å². The fraction of sp³-hybridized carbons (Fsp3) is 0.385. The molecule has 2 rings (SSSR count). The maximum absolute atomic E-state index is 11.4. The number of nitrogens with one attached hydrogen (secondary N) is 2. The summed E-state index contributed by atoms with van der Waals surface area (Å²) in [5, 5.41) is 7.45. The average molecular weight is 331 g/mol. The summed E-state index contributed by atoms with van der Waals surface area (Å²) in [7, 11) is -1.71. The molecule has 2 heterocycles. The van der Waals surface area contributed by atoms with Crippen molar-refractivity contribution in [3.8, 4) is 0 Å². The molecule has 0 bridgehead atoms. The lowest BCUT2D eigenvalue weighted by Crippen LogP contribution is -2.32. The van der Waals surface area contributed by atoms with Gasteiger partial charge in [0.2, 0.25) is 10.0 Å². The molecule has 2 aromatic rings. The van der Waals surface area contributed by atoms with E-state index < -0.39 is 10.0 Å². The molecule has 1 unspecified atom stereocenters. The highest BCUT2D eigenvalue weighted by molar-refractivity contribution is 7.89. The van der Waals surface area contributed by atoms with Gasteiger partial charge in [-0.3, -0.25) is 0 Å². The van der Waals surface area contributed by atoms with Crippen LogP contribution in [0.3, 0.4) is 0 Å². The molecule has 2 N–H and O–H groups in total. The first-order chi connectivity index (χ1) is 9.61. The van der Waals surface area contributed by atoms with Crippen LogP contribution >= 0.6 is 22.7 Å². The molecule has 0 amide bonds. The van der Waals surface area contributed by atoms with Gasteiger partial charge in [-0.05, 0) is 29.9 Å². The summed E-state index contributed by atoms with van der Waals surface area (Å²) in [5.74, 6) is 0.0931. The summed E-state index contributed by atoms with van der Waals surface area (Å²) in [4.78, 5) is 2.53. The maximum atomic E-state index is 11.4. The lowest BCUT2D eigenvalue weighted by atomic mass is 10.1. The molecule has 0 saturated carbocycles. The van der Waals surface area contributed by atoms with Crippen LogP contribution in [0.1, 0.15) is 15.8 Å². The number of rotatable bonds is 8. The third-order valence-electron chi connectivity index (χ3n) is 2.94. The van der Waals surface area contributed by atoms with Crippen molar-refractivity contribution in [2.75, 3.05) is 19.3 Å². The van der Waals surface area contributed by atoms with Gasteiger partial charge in [-0.1, -0.05) is 12.1 Å². The highest BCUT2D eigenvalue weighted by Crippen LogP contribution is 2.24. The summed E-state index contributed by atoms with van der Waals surface area (Å²) in [6.07, 6.45) is 0.887. The zero-order chi connectivity index (χ0) is 14.4. The van der Waals surface area contributed by atoms with Crippen LogP contribution in [0.4, 0.5) is 0 Å². The van der Waals surface area contributed by atoms with Gasteiger partial charge in [0, 0.05) is 28.8 Å². The highest BCUT2D eigenvalue weighted by Gasteiger charge is 2.15. The zero-order valence-corrected chi connectivity index (χ0v) is 13.7. The van der Waals surface area contributed by atoms with E-state index in [1.165, 1.54) is 16.8 Å². The molecule has 0 aliphatic rings. The van der Waals surface area contributed by atoms with E-state index in [2.05, 4.69) is 27.6 Å². The van der Waals surface area contributed by atoms with Crippen LogP contribution in [0.25, 0.3) is 0 Å². The predicted octanol–water partition coefficient (Wildman–Crippen LogP) is 2.23. The van der Waals surface area contributed by atoms with Crippen molar-refractivity contribution in [3.63, 3.8) is 0 Å². The molecule has 1 atom stereocenters. The molecule has 7 heteroatoms. The van der Waals surface area contributed by atoms with Gasteiger partial charge in [0.05, 0.1) is 5.75 Å². The van der Waals surface area contributed by atoms with E-state index in [9.17, 15) is 8.42 Å². The Kier molecular flexibility index (Phi) is 5.74. The highest BCUT2D eigenvalue weighted by atomic mass is 32.2. The summed E-state index contributed by atoms with van der Waals surface area (Å²) in [5.41, 5.74) is 0. The molecular weight excluding hydrogens is 312 g/mol. The first-order valence-electron chi connectivity index (χ1n) is 6.31. The number of hydrogen-bond acceptors (Lipinski definition) is 5. The minimum absolute atomic E-state index is 0.0931. The van der Waals surface area contributed by atoms with Crippen LogP contribution in [-0.4, -0.2) is 27.8 Å². The lowest BCUT2D eigenvalue weighted by molar-refractivity contribution is 0.548. The smallest absolute Gasteiger partial charge is 0.212 e.